The molecule has 0 heterocycles. The average Bonchev–Trinajstić information content (AvgIpc) is 2.80. The zero-order valence-electron chi connectivity index (χ0n) is 14.9. The minimum atomic E-state index is -1.97. The maximum atomic E-state index is 2.53. The first-order valence-corrected chi connectivity index (χ1v) is 10.9. The van der Waals surface area contributed by atoms with Crippen molar-refractivity contribution in [3.8, 4) is 0 Å². The minimum Gasteiger partial charge on any atom is -0.0733 e. The first kappa shape index (κ1) is 16.0. The molecule has 118 valence electrons. The third-order valence-corrected chi connectivity index (χ3v) is 11.8. The summed E-state index contributed by atoms with van der Waals surface area (Å²) in [5, 5.41) is 3.13. The Kier molecular flexibility index (Phi) is 3.93. The van der Waals surface area contributed by atoms with Crippen LogP contribution in [0.3, 0.4) is 0 Å². The lowest BCUT2D eigenvalue weighted by Crippen LogP contribution is -2.63. The van der Waals surface area contributed by atoms with Gasteiger partial charge in [0.05, 0.1) is 0 Å². The number of benzene rings is 2. The second-order valence-electron chi connectivity index (χ2n) is 7.14. The Morgan fingerprint density at radius 3 is 1.52 bits per heavy atom. The molecule has 0 spiro atoms. The highest BCUT2D eigenvalue weighted by molar-refractivity contribution is 7.04. The Hall–Kier alpha value is -1.86. The molecule has 0 saturated heterocycles. The van der Waals surface area contributed by atoms with Crippen molar-refractivity contribution < 1.29 is 0 Å². The van der Waals surface area contributed by atoms with E-state index in [1.165, 1.54) is 27.1 Å². The number of hydrogen-bond donors (Lipinski definition) is 0. The van der Waals surface area contributed by atoms with Gasteiger partial charge in [-0.25, -0.2) is 0 Å². The molecule has 1 heteroatoms. The van der Waals surface area contributed by atoms with Crippen molar-refractivity contribution in [3.63, 3.8) is 0 Å². The highest BCUT2D eigenvalue weighted by Crippen LogP contribution is 2.52. The van der Waals surface area contributed by atoms with Gasteiger partial charge in [0.2, 0.25) is 0 Å². The van der Waals surface area contributed by atoms with Crippen molar-refractivity contribution in [3.05, 3.63) is 83.5 Å². The van der Waals surface area contributed by atoms with Crippen molar-refractivity contribution in [2.45, 2.75) is 39.3 Å². The smallest absolute Gasteiger partial charge is 0.0733 e. The molecule has 0 fully saturated rings. The lowest BCUT2D eigenvalue weighted by Gasteiger charge is -2.44. The van der Waals surface area contributed by atoms with E-state index < -0.39 is 8.07 Å². The summed E-state index contributed by atoms with van der Waals surface area (Å²) in [7, 11) is -1.97. The summed E-state index contributed by atoms with van der Waals surface area (Å²) in [5.74, 6) is 0. The highest BCUT2D eigenvalue weighted by atomic mass is 28.3. The molecule has 0 nitrogen and oxygen atoms in total. The highest BCUT2D eigenvalue weighted by Gasteiger charge is 2.51. The zero-order chi connectivity index (χ0) is 16.7. The van der Waals surface area contributed by atoms with Gasteiger partial charge in [0.1, 0.15) is 8.07 Å². The Morgan fingerprint density at radius 1 is 0.739 bits per heavy atom. The monoisotopic (exact) mass is 318 g/mol. The summed E-state index contributed by atoms with van der Waals surface area (Å²) in [6, 6.07) is 22.3. The Morgan fingerprint density at radius 2 is 1.17 bits per heavy atom. The van der Waals surface area contributed by atoms with Crippen molar-refractivity contribution in [2.24, 2.45) is 0 Å². The SMILES string of the molecule is CC1=CC(C)([Si](C)(c2ccccc2)c2ccccc2)C(C)=C1C. The van der Waals surface area contributed by atoms with Gasteiger partial charge in [0.25, 0.3) is 0 Å². The molecule has 0 N–H and O–H groups in total. The van der Waals surface area contributed by atoms with Crippen LogP contribution in [-0.2, 0) is 0 Å². The van der Waals surface area contributed by atoms with Crippen molar-refractivity contribution in [1.82, 2.24) is 0 Å². The molecule has 0 radical (unpaired) electrons. The van der Waals surface area contributed by atoms with Gasteiger partial charge in [-0.05, 0) is 26.3 Å². The molecule has 2 aromatic rings. The molecule has 0 aromatic heterocycles. The molecule has 0 aliphatic heterocycles. The van der Waals surface area contributed by atoms with Gasteiger partial charge in [0, 0.05) is 5.04 Å². The van der Waals surface area contributed by atoms with Crippen LogP contribution in [-0.4, -0.2) is 8.07 Å². The van der Waals surface area contributed by atoms with E-state index in [4.69, 9.17) is 0 Å². The van der Waals surface area contributed by atoms with Gasteiger partial charge in [-0.3, -0.25) is 0 Å². The molecule has 1 atom stereocenters. The Labute approximate surface area is 141 Å². The maximum Gasteiger partial charge on any atom is 0.128 e. The summed E-state index contributed by atoms with van der Waals surface area (Å²) >= 11 is 0. The quantitative estimate of drug-likeness (QED) is 0.704. The van der Waals surface area contributed by atoms with Crippen LogP contribution in [0.2, 0.25) is 11.6 Å². The van der Waals surface area contributed by atoms with Crippen LogP contribution < -0.4 is 10.4 Å². The first-order chi connectivity index (χ1) is 10.9. The van der Waals surface area contributed by atoms with Crippen LogP contribution in [0.25, 0.3) is 0 Å². The van der Waals surface area contributed by atoms with Gasteiger partial charge in [-0.2, -0.15) is 0 Å². The third-order valence-electron chi connectivity index (χ3n) is 6.18. The van der Waals surface area contributed by atoms with E-state index in [1.54, 1.807) is 0 Å². The molecule has 0 saturated carbocycles. The van der Waals surface area contributed by atoms with Crippen LogP contribution in [0.4, 0.5) is 0 Å². The first-order valence-electron chi connectivity index (χ1n) is 8.40. The maximum absolute atomic E-state index is 2.53. The van der Waals surface area contributed by atoms with Crippen molar-refractivity contribution in [2.75, 3.05) is 0 Å². The lowest BCUT2D eigenvalue weighted by atomic mass is 10.0. The van der Waals surface area contributed by atoms with E-state index in [0.29, 0.717) is 0 Å². The topological polar surface area (TPSA) is 0 Å². The number of allylic oxidation sites excluding steroid dienone is 4. The van der Waals surface area contributed by atoms with Gasteiger partial charge in [-0.15, -0.1) is 0 Å². The average molecular weight is 319 g/mol. The summed E-state index contributed by atoms with van der Waals surface area (Å²) in [4.78, 5) is 0. The molecule has 1 aliphatic rings. The van der Waals surface area contributed by atoms with Gasteiger partial charge in [-0.1, -0.05) is 102 Å². The lowest BCUT2D eigenvalue weighted by molar-refractivity contribution is 0.865. The molecular formula is C22H26Si. The summed E-state index contributed by atoms with van der Waals surface area (Å²) in [6.45, 7) is 11.9. The van der Waals surface area contributed by atoms with Gasteiger partial charge >= 0.3 is 0 Å². The Bertz CT molecular complexity index is 729. The molecule has 1 unspecified atom stereocenters. The van der Waals surface area contributed by atoms with Crippen LogP contribution >= 0.6 is 0 Å². The molecule has 0 amide bonds. The second kappa shape index (κ2) is 5.65. The predicted octanol–water partition coefficient (Wildman–Crippen LogP) is 4.94. The predicted molar refractivity (Wildman–Crippen MR) is 104 cm³/mol. The molecular weight excluding hydrogens is 292 g/mol. The Balaban J connectivity index is 2.31. The molecule has 0 bridgehead atoms. The largest absolute Gasteiger partial charge is 0.128 e. The van der Waals surface area contributed by atoms with Gasteiger partial charge in [0.15, 0.2) is 0 Å². The van der Waals surface area contributed by atoms with Gasteiger partial charge < -0.3 is 0 Å². The fourth-order valence-corrected chi connectivity index (χ4v) is 8.86. The van der Waals surface area contributed by atoms with Crippen LogP contribution in [0.5, 0.6) is 0 Å². The molecule has 23 heavy (non-hydrogen) atoms. The molecule has 1 aliphatic carbocycles. The van der Waals surface area contributed by atoms with E-state index in [0.717, 1.165) is 0 Å². The van der Waals surface area contributed by atoms with Crippen LogP contribution in [0.15, 0.2) is 83.5 Å². The van der Waals surface area contributed by atoms with E-state index >= 15 is 0 Å². The normalized spacial score (nSPS) is 21.5. The summed E-state index contributed by atoms with van der Waals surface area (Å²) in [6.07, 6.45) is 2.53. The molecule has 2 aromatic carbocycles. The fraction of sp³-hybridized carbons (Fsp3) is 0.273. The number of hydrogen-bond acceptors (Lipinski definition) is 0. The fourth-order valence-electron chi connectivity index (χ4n) is 4.16. The standard InChI is InChI=1S/C22H26Si/c1-17-16-22(4,19(3)18(17)2)23(5,20-12-8-6-9-13-20)21-14-10-7-11-15-21/h6-16H,1-5H3. The van der Waals surface area contributed by atoms with Crippen molar-refractivity contribution >= 4 is 18.4 Å². The zero-order valence-corrected chi connectivity index (χ0v) is 15.9. The van der Waals surface area contributed by atoms with Crippen molar-refractivity contribution in [1.29, 1.82) is 0 Å². The van der Waals surface area contributed by atoms with E-state index in [9.17, 15) is 0 Å². The third kappa shape index (κ3) is 2.26. The van der Waals surface area contributed by atoms with Crippen LogP contribution in [0, 0.1) is 0 Å². The van der Waals surface area contributed by atoms with E-state index in [2.05, 4.69) is 101 Å². The molecule has 3 rings (SSSR count). The van der Waals surface area contributed by atoms with Crippen LogP contribution in [0.1, 0.15) is 27.7 Å². The summed E-state index contributed by atoms with van der Waals surface area (Å²) in [5.41, 5.74) is 4.45. The number of rotatable bonds is 3. The van der Waals surface area contributed by atoms with E-state index in [-0.39, 0.29) is 5.04 Å². The van der Waals surface area contributed by atoms with E-state index in [1.807, 2.05) is 0 Å². The minimum absolute atomic E-state index is 0.115. The second-order valence-corrected chi connectivity index (χ2v) is 11.6. The summed E-state index contributed by atoms with van der Waals surface area (Å²) < 4.78 is 0.